The monoisotopic (exact) mass is 450 g/mol. The Labute approximate surface area is 193 Å². The third kappa shape index (κ3) is 4.13. The number of fused-ring (bicyclic) bond motifs is 3. The highest BCUT2D eigenvalue weighted by Gasteiger charge is 2.33. The molecule has 0 saturated carbocycles. The minimum absolute atomic E-state index is 0.110. The molecule has 168 valence electrons. The van der Waals surface area contributed by atoms with Crippen LogP contribution in [-0.4, -0.2) is 32.0 Å². The molecule has 1 atom stereocenters. The summed E-state index contributed by atoms with van der Waals surface area (Å²) in [6.45, 7) is 14.0. The highest BCUT2D eigenvalue weighted by molar-refractivity contribution is 7.15. The number of aliphatic imine (C=N–C) groups is 1. The second-order valence-corrected chi connectivity index (χ2v) is 10.4. The summed E-state index contributed by atoms with van der Waals surface area (Å²) in [7, 11) is 0. The van der Waals surface area contributed by atoms with Crippen LogP contribution < -0.4 is 0 Å². The normalized spacial score (nSPS) is 15.6. The number of nitrogens with zero attached hydrogens (tertiary/aromatic N) is 4. The predicted molar refractivity (Wildman–Crippen MR) is 128 cm³/mol. The highest BCUT2D eigenvalue weighted by Crippen LogP contribution is 2.39. The van der Waals surface area contributed by atoms with Gasteiger partial charge in [-0.3, -0.25) is 14.4 Å². The summed E-state index contributed by atoms with van der Waals surface area (Å²) < 4.78 is 7.67. The van der Waals surface area contributed by atoms with Crippen molar-refractivity contribution in [3.05, 3.63) is 63.0 Å². The fourth-order valence-corrected chi connectivity index (χ4v) is 5.18. The number of carbonyl (C=O) groups excluding carboxylic acids is 1. The Morgan fingerprint density at radius 2 is 1.81 bits per heavy atom. The van der Waals surface area contributed by atoms with Crippen molar-refractivity contribution in [1.82, 2.24) is 14.8 Å². The van der Waals surface area contributed by atoms with E-state index >= 15 is 0 Å². The van der Waals surface area contributed by atoms with Gasteiger partial charge in [-0.05, 0) is 59.1 Å². The lowest BCUT2D eigenvalue weighted by molar-refractivity contribution is -0.155. The van der Waals surface area contributed by atoms with Crippen molar-refractivity contribution < 1.29 is 9.53 Å². The van der Waals surface area contributed by atoms with Crippen molar-refractivity contribution in [1.29, 1.82) is 0 Å². The number of carbonyl (C=O) groups is 1. The van der Waals surface area contributed by atoms with E-state index in [9.17, 15) is 4.79 Å². The van der Waals surface area contributed by atoms with E-state index in [1.54, 1.807) is 11.3 Å². The largest absolute Gasteiger partial charge is 0.460 e. The number of aromatic nitrogens is 3. The van der Waals surface area contributed by atoms with Gasteiger partial charge in [0.1, 0.15) is 22.5 Å². The van der Waals surface area contributed by atoms with Crippen LogP contribution in [0.25, 0.3) is 5.00 Å². The zero-order valence-electron chi connectivity index (χ0n) is 19.8. The van der Waals surface area contributed by atoms with Gasteiger partial charge in [0.25, 0.3) is 0 Å². The maximum atomic E-state index is 12.8. The Morgan fingerprint density at radius 1 is 1.12 bits per heavy atom. The first-order valence-corrected chi connectivity index (χ1v) is 11.8. The summed E-state index contributed by atoms with van der Waals surface area (Å²) in [6.07, 6.45) is 1.09. The van der Waals surface area contributed by atoms with Crippen LogP contribution in [0.3, 0.4) is 0 Å². The van der Waals surface area contributed by atoms with E-state index in [1.165, 1.54) is 16.0 Å². The Balaban J connectivity index is 1.90. The molecule has 0 amide bonds. The van der Waals surface area contributed by atoms with Gasteiger partial charge in [0, 0.05) is 16.0 Å². The van der Waals surface area contributed by atoms with Crippen LogP contribution in [0.15, 0.2) is 29.3 Å². The van der Waals surface area contributed by atoms with Crippen molar-refractivity contribution >= 4 is 23.0 Å². The average Bonchev–Trinajstić information content (AvgIpc) is 3.19. The molecule has 0 fully saturated rings. The number of aryl methyl sites for hydroxylation is 3. The second-order valence-electron chi connectivity index (χ2n) is 9.24. The van der Waals surface area contributed by atoms with Crippen molar-refractivity contribution in [2.45, 2.75) is 73.0 Å². The molecule has 0 aliphatic carbocycles. The molecular weight excluding hydrogens is 420 g/mol. The first kappa shape index (κ1) is 22.4. The SMILES string of the molecule is CCc1ccc(C2=N[C@@H](CC(=O)OC(C)(C)C)c3nnc(C)n3-c3sc(C)c(C)c32)cc1. The van der Waals surface area contributed by atoms with Crippen LogP contribution >= 0.6 is 11.3 Å². The van der Waals surface area contributed by atoms with Crippen LogP contribution in [0.5, 0.6) is 0 Å². The Hall–Kier alpha value is -2.80. The number of thiophene rings is 1. The highest BCUT2D eigenvalue weighted by atomic mass is 32.1. The third-order valence-corrected chi connectivity index (χ3v) is 6.85. The Kier molecular flexibility index (Phi) is 5.79. The summed E-state index contributed by atoms with van der Waals surface area (Å²) in [5.41, 5.74) is 4.94. The smallest absolute Gasteiger partial charge is 0.308 e. The number of rotatable bonds is 4. The van der Waals surface area contributed by atoms with Gasteiger partial charge in [0.05, 0.1) is 12.1 Å². The molecule has 1 aliphatic rings. The molecule has 32 heavy (non-hydrogen) atoms. The molecule has 4 rings (SSSR count). The second kappa shape index (κ2) is 8.28. The van der Waals surface area contributed by atoms with Gasteiger partial charge in [-0.25, -0.2) is 0 Å². The van der Waals surface area contributed by atoms with Crippen LogP contribution in [-0.2, 0) is 16.0 Å². The minimum Gasteiger partial charge on any atom is -0.460 e. The molecule has 3 heterocycles. The molecule has 0 bridgehead atoms. The van der Waals surface area contributed by atoms with Gasteiger partial charge >= 0.3 is 5.97 Å². The van der Waals surface area contributed by atoms with E-state index in [0.29, 0.717) is 5.82 Å². The van der Waals surface area contributed by atoms with Gasteiger partial charge in [-0.2, -0.15) is 0 Å². The van der Waals surface area contributed by atoms with Gasteiger partial charge in [-0.15, -0.1) is 21.5 Å². The van der Waals surface area contributed by atoms with Crippen LogP contribution in [0.4, 0.5) is 0 Å². The number of hydrogen-bond acceptors (Lipinski definition) is 6. The lowest BCUT2D eigenvalue weighted by Gasteiger charge is -2.21. The maximum Gasteiger partial charge on any atom is 0.308 e. The van der Waals surface area contributed by atoms with Crippen LogP contribution in [0, 0.1) is 20.8 Å². The quantitative estimate of drug-likeness (QED) is 0.496. The predicted octanol–water partition coefficient (Wildman–Crippen LogP) is 5.44. The Morgan fingerprint density at radius 3 is 2.44 bits per heavy atom. The zero-order valence-corrected chi connectivity index (χ0v) is 20.6. The molecule has 2 aromatic heterocycles. The summed E-state index contributed by atoms with van der Waals surface area (Å²) in [4.78, 5) is 19.1. The molecule has 0 N–H and O–H groups in total. The fourth-order valence-electron chi connectivity index (χ4n) is 3.96. The number of hydrogen-bond donors (Lipinski definition) is 0. The summed E-state index contributed by atoms with van der Waals surface area (Å²) >= 11 is 1.71. The van der Waals surface area contributed by atoms with Crippen molar-refractivity contribution in [3.63, 3.8) is 0 Å². The van der Waals surface area contributed by atoms with Gasteiger partial charge in [0.2, 0.25) is 0 Å². The van der Waals surface area contributed by atoms with Gasteiger partial charge in [0.15, 0.2) is 5.82 Å². The van der Waals surface area contributed by atoms with E-state index in [0.717, 1.165) is 34.1 Å². The van der Waals surface area contributed by atoms with E-state index in [-0.39, 0.29) is 12.4 Å². The molecule has 6 nitrogen and oxygen atoms in total. The average molecular weight is 451 g/mol. The van der Waals surface area contributed by atoms with Crippen molar-refractivity contribution in [3.8, 4) is 5.00 Å². The zero-order chi connectivity index (χ0) is 23.2. The summed E-state index contributed by atoms with van der Waals surface area (Å²) in [6, 6.07) is 8.05. The topological polar surface area (TPSA) is 69.4 Å². The van der Waals surface area contributed by atoms with E-state index in [4.69, 9.17) is 9.73 Å². The van der Waals surface area contributed by atoms with Crippen LogP contribution in [0.1, 0.15) is 78.9 Å². The molecule has 0 saturated heterocycles. The Bertz CT molecular complexity index is 1200. The number of esters is 1. The van der Waals surface area contributed by atoms with Gasteiger partial charge in [-0.1, -0.05) is 31.2 Å². The molecule has 0 radical (unpaired) electrons. The third-order valence-electron chi connectivity index (χ3n) is 5.66. The molecule has 1 aromatic carbocycles. The van der Waals surface area contributed by atoms with E-state index < -0.39 is 11.6 Å². The van der Waals surface area contributed by atoms with Crippen molar-refractivity contribution in [2.75, 3.05) is 0 Å². The first-order valence-electron chi connectivity index (χ1n) is 11.0. The van der Waals surface area contributed by atoms with E-state index in [1.807, 2.05) is 27.7 Å². The minimum atomic E-state index is -0.555. The lowest BCUT2D eigenvalue weighted by Crippen LogP contribution is -2.25. The number of ether oxygens (including phenoxy) is 1. The van der Waals surface area contributed by atoms with E-state index in [2.05, 4.69) is 59.8 Å². The standard InChI is InChI=1S/C25H30N4O2S/c1-8-17-9-11-18(12-10-17)22-21-14(2)15(3)32-24(21)29-16(4)27-28-23(29)19(26-22)13-20(30)31-25(5,6)7/h9-12,19H,8,13H2,1-7H3/t19-/m0/s1. The lowest BCUT2D eigenvalue weighted by atomic mass is 9.98. The molecule has 1 aliphatic heterocycles. The first-order chi connectivity index (χ1) is 15.1. The molecular formula is C25H30N4O2S. The molecule has 0 unspecified atom stereocenters. The summed E-state index contributed by atoms with van der Waals surface area (Å²) in [5, 5.41) is 9.83. The molecule has 0 spiro atoms. The van der Waals surface area contributed by atoms with Crippen molar-refractivity contribution in [2.24, 2.45) is 4.99 Å². The summed E-state index contributed by atoms with van der Waals surface area (Å²) in [5.74, 6) is 1.17. The maximum absolute atomic E-state index is 12.8. The van der Waals surface area contributed by atoms with Gasteiger partial charge < -0.3 is 4.74 Å². The van der Waals surface area contributed by atoms with Crippen LogP contribution in [0.2, 0.25) is 0 Å². The fraction of sp³-hybridized carbons (Fsp3) is 0.440. The molecule has 7 heteroatoms. The number of benzene rings is 1. The molecule has 3 aromatic rings.